The van der Waals surface area contributed by atoms with Crippen molar-refractivity contribution in [3.05, 3.63) is 51.9 Å². The average molecular weight is 247 g/mol. The molecule has 0 spiro atoms. The summed E-state index contributed by atoms with van der Waals surface area (Å²) in [5.74, 6) is 0.621. The molecule has 3 rings (SSSR count). The molecular formula is C12H7ClN2O2. The Morgan fingerprint density at radius 1 is 1.24 bits per heavy atom. The normalized spacial score (nSPS) is 10.9. The molecule has 0 unspecified atom stereocenters. The van der Waals surface area contributed by atoms with E-state index in [1.807, 2.05) is 12.1 Å². The first kappa shape index (κ1) is 10.1. The van der Waals surface area contributed by atoms with E-state index >= 15 is 0 Å². The summed E-state index contributed by atoms with van der Waals surface area (Å²) in [6.45, 7) is 0. The lowest BCUT2D eigenvalue weighted by atomic mass is 10.2. The minimum absolute atomic E-state index is 0.258. The summed E-state index contributed by atoms with van der Waals surface area (Å²) in [6, 6.07) is 8.90. The molecule has 1 aromatic carbocycles. The van der Waals surface area contributed by atoms with Crippen molar-refractivity contribution >= 4 is 22.6 Å². The lowest BCUT2D eigenvalue weighted by Gasteiger charge is -1.95. The first-order chi connectivity index (χ1) is 8.24. The van der Waals surface area contributed by atoms with Crippen LogP contribution in [0, 0.1) is 0 Å². The smallest absolute Gasteiger partial charge is 0.275 e. The van der Waals surface area contributed by atoms with Crippen LogP contribution < -0.4 is 5.56 Å². The van der Waals surface area contributed by atoms with E-state index in [2.05, 4.69) is 10.2 Å². The number of aromatic nitrogens is 2. The zero-order valence-electron chi connectivity index (χ0n) is 8.61. The van der Waals surface area contributed by atoms with Gasteiger partial charge in [-0.2, -0.15) is 5.10 Å². The minimum atomic E-state index is -0.258. The maximum absolute atomic E-state index is 11.5. The van der Waals surface area contributed by atoms with E-state index in [1.54, 1.807) is 18.2 Å². The van der Waals surface area contributed by atoms with Crippen LogP contribution in [0.25, 0.3) is 22.3 Å². The van der Waals surface area contributed by atoms with Crippen LogP contribution in [0.2, 0.25) is 5.02 Å². The molecule has 0 amide bonds. The van der Waals surface area contributed by atoms with E-state index < -0.39 is 0 Å². The molecule has 0 aliphatic rings. The van der Waals surface area contributed by atoms with Crippen molar-refractivity contribution in [2.24, 2.45) is 0 Å². The zero-order valence-corrected chi connectivity index (χ0v) is 9.36. The molecular weight excluding hydrogens is 240 g/mol. The Morgan fingerprint density at radius 2 is 2.00 bits per heavy atom. The number of rotatable bonds is 1. The number of hydrogen-bond donors (Lipinski definition) is 1. The summed E-state index contributed by atoms with van der Waals surface area (Å²) in [7, 11) is 0. The summed E-state index contributed by atoms with van der Waals surface area (Å²) < 4.78 is 5.55. The molecule has 3 aromatic rings. The van der Waals surface area contributed by atoms with Crippen molar-refractivity contribution in [2.45, 2.75) is 0 Å². The third kappa shape index (κ3) is 1.72. The van der Waals surface area contributed by atoms with Gasteiger partial charge in [0.05, 0.1) is 11.6 Å². The number of nitrogens with zero attached hydrogens (tertiary/aromatic N) is 1. The number of benzene rings is 1. The second kappa shape index (κ2) is 3.75. The van der Waals surface area contributed by atoms with Gasteiger partial charge in [-0.3, -0.25) is 4.79 Å². The monoisotopic (exact) mass is 246 g/mol. The second-order valence-corrected chi connectivity index (χ2v) is 4.03. The lowest BCUT2D eigenvalue weighted by molar-refractivity contribution is 0.628. The summed E-state index contributed by atoms with van der Waals surface area (Å²) >= 11 is 5.81. The number of fused-ring (bicyclic) bond motifs is 1. The van der Waals surface area contributed by atoms with Gasteiger partial charge in [0, 0.05) is 10.6 Å². The highest BCUT2D eigenvalue weighted by molar-refractivity contribution is 6.30. The molecule has 0 radical (unpaired) electrons. The van der Waals surface area contributed by atoms with Crippen molar-refractivity contribution in [1.29, 1.82) is 0 Å². The highest BCUT2D eigenvalue weighted by Crippen LogP contribution is 2.26. The van der Waals surface area contributed by atoms with Gasteiger partial charge in [0.2, 0.25) is 0 Å². The summed E-state index contributed by atoms with van der Waals surface area (Å²) in [6.07, 6.45) is 1.48. The van der Waals surface area contributed by atoms with Crippen molar-refractivity contribution in [1.82, 2.24) is 10.2 Å². The predicted molar refractivity (Wildman–Crippen MR) is 65.1 cm³/mol. The molecule has 17 heavy (non-hydrogen) atoms. The third-order valence-electron chi connectivity index (χ3n) is 2.48. The van der Waals surface area contributed by atoms with E-state index in [9.17, 15) is 4.79 Å². The van der Waals surface area contributed by atoms with Crippen molar-refractivity contribution in [3.8, 4) is 11.3 Å². The van der Waals surface area contributed by atoms with E-state index in [1.165, 1.54) is 6.20 Å². The van der Waals surface area contributed by atoms with Crippen molar-refractivity contribution in [3.63, 3.8) is 0 Å². The van der Waals surface area contributed by atoms with Gasteiger partial charge < -0.3 is 4.42 Å². The van der Waals surface area contributed by atoms with Crippen molar-refractivity contribution in [2.75, 3.05) is 0 Å². The quantitative estimate of drug-likeness (QED) is 0.718. The number of furan rings is 1. The lowest BCUT2D eigenvalue weighted by Crippen LogP contribution is -2.05. The molecule has 0 bridgehead atoms. The SMILES string of the molecule is O=c1[nH]ncc2oc(-c3ccc(Cl)cc3)cc12. The van der Waals surface area contributed by atoms with Crippen LogP contribution in [0.5, 0.6) is 0 Å². The summed E-state index contributed by atoms with van der Waals surface area (Å²) in [4.78, 5) is 11.5. The van der Waals surface area contributed by atoms with E-state index in [0.29, 0.717) is 21.8 Å². The highest BCUT2D eigenvalue weighted by atomic mass is 35.5. The number of hydrogen-bond acceptors (Lipinski definition) is 3. The Balaban J connectivity index is 2.21. The van der Waals surface area contributed by atoms with Gasteiger partial charge in [0.15, 0.2) is 5.58 Å². The first-order valence-corrected chi connectivity index (χ1v) is 5.35. The van der Waals surface area contributed by atoms with E-state index in [0.717, 1.165) is 5.56 Å². The fourth-order valence-corrected chi connectivity index (χ4v) is 1.77. The predicted octanol–water partition coefficient (Wildman–Crippen LogP) is 2.84. The largest absolute Gasteiger partial charge is 0.454 e. The third-order valence-corrected chi connectivity index (χ3v) is 2.73. The van der Waals surface area contributed by atoms with Gasteiger partial charge in [-0.15, -0.1) is 0 Å². The van der Waals surface area contributed by atoms with Crippen LogP contribution >= 0.6 is 11.6 Å². The molecule has 0 aliphatic carbocycles. The van der Waals surface area contributed by atoms with Gasteiger partial charge in [-0.05, 0) is 30.3 Å². The maximum atomic E-state index is 11.5. The van der Waals surface area contributed by atoms with Crippen LogP contribution in [0.1, 0.15) is 0 Å². The molecule has 2 aromatic heterocycles. The molecule has 0 fully saturated rings. The van der Waals surface area contributed by atoms with Gasteiger partial charge in [0.1, 0.15) is 5.76 Å². The molecule has 0 atom stereocenters. The molecule has 0 saturated carbocycles. The molecule has 1 N–H and O–H groups in total. The number of aromatic amines is 1. The zero-order chi connectivity index (χ0) is 11.8. The number of halogens is 1. The van der Waals surface area contributed by atoms with Gasteiger partial charge in [-0.25, -0.2) is 5.10 Å². The van der Waals surface area contributed by atoms with Crippen LogP contribution in [0.3, 0.4) is 0 Å². The average Bonchev–Trinajstić information content (AvgIpc) is 2.75. The van der Waals surface area contributed by atoms with Crippen LogP contribution in [0.4, 0.5) is 0 Å². The van der Waals surface area contributed by atoms with E-state index in [4.69, 9.17) is 16.0 Å². The Bertz CT molecular complexity index is 728. The Hall–Kier alpha value is -2.07. The van der Waals surface area contributed by atoms with E-state index in [-0.39, 0.29) is 5.56 Å². The molecule has 84 valence electrons. The van der Waals surface area contributed by atoms with Crippen molar-refractivity contribution < 1.29 is 4.42 Å². The maximum Gasteiger partial charge on any atom is 0.275 e. The Labute approximate surface area is 101 Å². The molecule has 0 saturated heterocycles. The van der Waals surface area contributed by atoms with Gasteiger partial charge in [-0.1, -0.05) is 11.6 Å². The minimum Gasteiger partial charge on any atom is -0.454 e. The summed E-state index contributed by atoms with van der Waals surface area (Å²) in [5, 5.41) is 7.19. The van der Waals surface area contributed by atoms with Gasteiger partial charge >= 0.3 is 0 Å². The fourth-order valence-electron chi connectivity index (χ4n) is 1.64. The second-order valence-electron chi connectivity index (χ2n) is 3.59. The number of nitrogens with one attached hydrogen (secondary N) is 1. The van der Waals surface area contributed by atoms with Crippen LogP contribution in [0.15, 0.2) is 45.7 Å². The molecule has 5 heteroatoms. The standard InChI is InChI=1S/C12H7ClN2O2/c13-8-3-1-7(2-4-8)10-5-9-11(17-10)6-14-15-12(9)16/h1-6H,(H,15,16). The fraction of sp³-hybridized carbons (Fsp3) is 0. The molecule has 2 heterocycles. The van der Waals surface area contributed by atoms with Crippen LogP contribution in [-0.4, -0.2) is 10.2 Å². The Morgan fingerprint density at radius 3 is 2.71 bits per heavy atom. The number of H-pyrrole nitrogens is 1. The highest BCUT2D eigenvalue weighted by Gasteiger charge is 2.08. The molecule has 4 nitrogen and oxygen atoms in total. The first-order valence-electron chi connectivity index (χ1n) is 4.97. The summed E-state index contributed by atoms with van der Waals surface area (Å²) in [5.41, 5.74) is 1.08. The van der Waals surface area contributed by atoms with Gasteiger partial charge in [0.25, 0.3) is 5.56 Å². The van der Waals surface area contributed by atoms with Crippen LogP contribution in [-0.2, 0) is 0 Å². The molecule has 0 aliphatic heterocycles. The topological polar surface area (TPSA) is 58.9 Å². The Kier molecular flexibility index (Phi) is 2.23.